The molecular weight excluding hydrogens is 429 g/mol. The molecule has 3 aromatic rings. The van der Waals surface area contributed by atoms with Gasteiger partial charge >= 0.3 is 6.03 Å². The fraction of sp³-hybridized carbons (Fsp3) is 0.227. The van der Waals surface area contributed by atoms with Gasteiger partial charge in [0.15, 0.2) is 0 Å². The maximum absolute atomic E-state index is 14.8. The number of aromatic nitrogens is 2. The van der Waals surface area contributed by atoms with Crippen LogP contribution in [-0.2, 0) is 6.42 Å². The van der Waals surface area contributed by atoms with E-state index in [1.807, 2.05) is 0 Å². The SMILES string of the molecule is O=C(Nc1cc(Cl)c(-c2ccnc(F)c2)cc1F)N1[C@H]2CC[C@@H]1c1ccnc(F)c1C2. The summed E-state index contributed by atoms with van der Waals surface area (Å²) in [5.74, 6) is -1.92. The Hall–Kier alpha value is -3.13. The smallest absolute Gasteiger partial charge is 0.314 e. The van der Waals surface area contributed by atoms with Crippen LogP contribution < -0.4 is 5.32 Å². The number of carbonyl (C=O) groups is 1. The average molecular weight is 445 g/mol. The number of hydrogen-bond donors (Lipinski definition) is 1. The lowest BCUT2D eigenvalue weighted by Crippen LogP contribution is -2.44. The Morgan fingerprint density at radius 3 is 2.71 bits per heavy atom. The van der Waals surface area contributed by atoms with Crippen LogP contribution in [0.15, 0.2) is 42.7 Å². The number of fused-ring (bicyclic) bond motifs is 4. The van der Waals surface area contributed by atoms with Gasteiger partial charge in [-0.25, -0.2) is 19.2 Å². The molecule has 2 aliphatic rings. The van der Waals surface area contributed by atoms with Gasteiger partial charge in [0.25, 0.3) is 0 Å². The van der Waals surface area contributed by atoms with Crippen LogP contribution in [-0.4, -0.2) is 26.9 Å². The number of nitrogens with zero attached hydrogens (tertiary/aromatic N) is 3. The minimum absolute atomic E-state index is 0.0839. The van der Waals surface area contributed by atoms with Gasteiger partial charge in [-0.05, 0) is 54.7 Å². The highest BCUT2D eigenvalue weighted by molar-refractivity contribution is 6.33. The lowest BCUT2D eigenvalue weighted by atomic mass is 9.95. The minimum atomic E-state index is -0.709. The first-order chi connectivity index (χ1) is 14.9. The molecule has 0 unspecified atom stereocenters. The van der Waals surface area contributed by atoms with Gasteiger partial charge in [-0.15, -0.1) is 0 Å². The minimum Gasteiger partial charge on any atom is -0.314 e. The third-order valence-electron chi connectivity index (χ3n) is 5.91. The predicted octanol–water partition coefficient (Wildman–Crippen LogP) is 5.51. The van der Waals surface area contributed by atoms with E-state index in [0.717, 1.165) is 24.1 Å². The fourth-order valence-electron chi connectivity index (χ4n) is 4.54. The molecule has 9 heteroatoms. The fourth-order valence-corrected chi connectivity index (χ4v) is 4.81. The van der Waals surface area contributed by atoms with Crippen molar-refractivity contribution in [3.8, 4) is 11.1 Å². The summed E-state index contributed by atoms with van der Waals surface area (Å²) < 4.78 is 42.3. The zero-order valence-corrected chi connectivity index (χ0v) is 16.8. The second-order valence-corrected chi connectivity index (χ2v) is 8.04. The summed E-state index contributed by atoms with van der Waals surface area (Å²) >= 11 is 6.29. The van der Waals surface area contributed by atoms with E-state index in [2.05, 4.69) is 15.3 Å². The van der Waals surface area contributed by atoms with Crippen molar-refractivity contribution in [1.29, 1.82) is 0 Å². The monoisotopic (exact) mass is 444 g/mol. The number of benzene rings is 1. The molecule has 2 atom stereocenters. The summed E-state index contributed by atoms with van der Waals surface area (Å²) in [6.45, 7) is 0. The Labute approximate surface area is 180 Å². The maximum Gasteiger partial charge on any atom is 0.322 e. The van der Waals surface area contributed by atoms with Gasteiger partial charge in [0.2, 0.25) is 11.9 Å². The molecule has 1 saturated heterocycles. The van der Waals surface area contributed by atoms with Crippen molar-refractivity contribution >= 4 is 23.3 Å². The molecule has 4 heterocycles. The van der Waals surface area contributed by atoms with Crippen LogP contribution >= 0.6 is 11.6 Å². The van der Waals surface area contributed by atoms with Gasteiger partial charge in [-0.2, -0.15) is 8.78 Å². The number of hydrogen-bond acceptors (Lipinski definition) is 3. The van der Waals surface area contributed by atoms with Crippen molar-refractivity contribution in [2.24, 2.45) is 0 Å². The van der Waals surface area contributed by atoms with Crippen LogP contribution in [0.1, 0.15) is 30.0 Å². The highest BCUT2D eigenvalue weighted by atomic mass is 35.5. The van der Waals surface area contributed by atoms with Gasteiger partial charge < -0.3 is 10.2 Å². The molecule has 2 aromatic heterocycles. The lowest BCUT2D eigenvalue weighted by Gasteiger charge is -2.36. The second kappa shape index (κ2) is 7.53. The zero-order chi connectivity index (χ0) is 21.7. The van der Waals surface area contributed by atoms with E-state index in [9.17, 15) is 18.0 Å². The topological polar surface area (TPSA) is 58.1 Å². The van der Waals surface area contributed by atoms with Gasteiger partial charge in [-0.3, -0.25) is 0 Å². The molecule has 2 amide bonds. The quantitative estimate of drug-likeness (QED) is 0.530. The van der Waals surface area contributed by atoms with Crippen LogP contribution in [0, 0.1) is 17.7 Å². The van der Waals surface area contributed by atoms with Gasteiger partial charge in [0.05, 0.1) is 16.8 Å². The van der Waals surface area contributed by atoms with Gasteiger partial charge in [-0.1, -0.05) is 11.6 Å². The Bertz CT molecular complexity index is 1210. The number of amides is 2. The van der Waals surface area contributed by atoms with Crippen LogP contribution in [0.4, 0.5) is 23.7 Å². The second-order valence-electron chi connectivity index (χ2n) is 7.64. The first-order valence-corrected chi connectivity index (χ1v) is 10.1. The summed E-state index contributed by atoms with van der Waals surface area (Å²) in [6.07, 6.45) is 4.45. The maximum atomic E-state index is 14.8. The van der Waals surface area contributed by atoms with Crippen LogP contribution in [0.25, 0.3) is 11.1 Å². The van der Waals surface area contributed by atoms with E-state index in [4.69, 9.17) is 11.6 Å². The molecule has 158 valence electrons. The van der Waals surface area contributed by atoms with E-state index in [1.54, 1.807) is 11.0 Å². The molecule has 0 radical (unpaired) electrons. The molecule has 1 N–H and O–H groups in total. The van der Waals surface area contributed by atoms with Crippen LogP contribution in [0.2, 0.25) is 5.02 Å². The Morgan fingerprint density at radius 1 is 1.10 bits per heavy atom. The first-order valence-electron chi connectivity index (χ1n) is 9.76. The molecule has 1 aromatic carbocycles. The molecule has 5 nitrogen and oxygen atoms in total. The van der Waals surface area contributed by atoms with Crippen molar-refractivity contribution in [3.63, 3.8) is 0 Å². The third-order valence-corrected chi connectivity index (χ3v) is 6.22. The molecule has 5 rings (SSSR count). The first kappa shape index (κ1) is 19.8. The van der Waals surface area contributed by atoms with Gasteiger partial charge in [0, 0.05) is 35.6 Å². The molecule has 0 spiro atoms. The third kappa shape index (κ3) is 3.40. The highest BCUT2D eigenvalue weighted by Gasteiger charge is 2.43. The van der Waals surface area contributed by atoms with Crippen molar-refractivity contribution in [2.45, 2.75) is 31.3 Å². The normalized spacial score (nSPS) is 19.3. The number of rotatable bonds is 2. The number of carbonyl (C=O) groups excluding carboxylic acids is 1. The molecule has 2 aliphatic heterocycles. The van der Waals surface area contributed by atoms with E-state index < -0.39 is 23.7 Å². The summed E-state index contributed by atoms with van der Waals surface area (Å²) in [5.41, 5.74) is 1.86. The molecule has 31 heavy (non-hydrogen) atoms. The average Bonchev–Trinajstić information content (AvgIpc) is 3.06. The van der Waals surface area contributed by atoms with E-state index in [-0.39, 0.29) is 28.4 Å². The summed E-state index contributed by atoms with van der Waals surface area (Å²) in [7, 11) is 0. The summed E-state index contributed by atoms with van der Waals surface area (Å²) in [5, 5.41) is 2.74. The molecule has 1 fully saturated rings. The molecule has 0 aliphatic carbocycles. The highest BCUT2D eigenvalue weighted by Crippen LogP contribution is 2.44. The number of nitrogens with one attached hydrogen (secondary N) is 1. The Kier molecular flexibility index (Phi) is 4.81. The summed E-state index contributed by atoms with van der Waals surface area (Å²) in [6, 6.07) is 5.88. The van der Waals surface area contributed by atoms with E-state index in [0.29, 0.717) is 24.0 Å². The standard InChI is InChI=1S/C22H16ClF3N4O/c23-16-10-18(17(24)9-14(16)11-3-5-27-20(25)7-11)29-22(31)30-12-1-2-19(30)13-4-6-28-21(26)15(13)8-12/h3-7,9-10,12,19H,1-2,8H2,(H,29,31)/t12-,19+/m0/s1. The largest absolute Gasteiger partial charge is 0.322 e. The Morgan fingerprint density at radius 2 is 1.90 bits per heavy atom. The van der Waals surface area contributed by atoms with Crippen molar-refractivity contribution in [1.82, 2.24) is 14.9 Å². The van der Waals surface area contributed by atoms with Crippen molar-refractivity contribution in [2.75, 3.05) is 5.32 Å². The summed E-state index contributed by atoms with van der Waals surface area (Å²) in [4.78, 5) is 21.8. The predicted molar refractivity (Wildman–Crippen MR) is 109 cm³/mol. The number of anilines is 1. The van der Waals surface area contributed by atoms with Crippen molar-refractivity contribution in [3.05, 3.63) is 76.6 Å². The lowest BCUT2D eigenvalue weighted by molar-refractivity contribution is 0.178. The van der Waals surface area contributed by atoms with Gasteiger partial charge in [0.1, 0.15) is 5.82 Å². The molecule has 0 saturated carbocycles. The Balaban J connectivity index is 1.42. The zero-order valence-electron chi connectivity index (χ0n) is 16.1. The molecular formula is C22H16ClF3N4O. The van der Waals surface area contributed by atoms with E-state index >= 15 is 0 Å². The molecule has 2 bridgehead atoms. The van der Waals surface area contributed by atoms with Crippen LogP contribution in [0.3, 0.4) is 0 Å². The number of urea groups is 1. The number of halogens is 4. The van der Waals surface area contributed by atoms with Crippen LogP contribution in [0.5, 0.6) is 0 Å². The number of pyridine rings is 2. The van der Waals surface area contributed by atoms with Crippen molar-refractivity contribution < 1.29 is 18.0 Å². The van der Waals surface area contributed by atoms with E-state index in [1.165, 1.54) is 24.5 Å².